The number of hydrogen-bond acceptors (Lipinski definition) is 1. The summed E-state index contributed by atoms with van der Waals surface area (Å²) in [4.78, 5) is 0. The van der Waals surface area contributed by atoms with Crippen LogP contribution in [0.15, 0.2) is 0 Å². The maximum atomic E-state index is 6.43. The number of hydrogen-bond donors (Lipinski definition) is 1. The van der Waals surface area contributed by atoms with E-state index in [4.69, 9.17) is 5.73 Å². The predicted molar refractivity (Wildman–Crippen MR) is 67.9 cm³/mol. The van der Waals surface area contributed by atoms with Crippen LogP contribution in [0.5, 0.6) is 0 Å². The van der Waals surface area contributed by atoms with Gasteiger partial charge in [-0.25, -0.2) is 0 Å². The molecule has 1 aliphatic rings. The van der Waals surface area contributed by atoms with Gasteiger partial charge in [-0.15, -0.1) is 0 Å². The van der Waals surface area contributed by atoms with Crippen molar-refractivity contribution in [3.63, 3.8) is 0 Å². The number of rotatable bonds is 6. The molecule has 0 aromatic rings. The van der Waals surface area contributed by atoms with Gasteiger partial charge in [0.2, 0.25) is 0 Å². The molecule has 0 spiro atoms. The molecule has 0 atom stereocenters. The first-order valence-corrected chi connectivity index (χ1v) is 6.99. The third-order valence-electron chi connectivity index (χ3n) is 4.29. The van der Waals surface area contributed by atoms with E-state index in [0.29, 0.717) is 0 Å². The first kappa shape index (κ1) is 13.0. The molecule has 0 unspecified atom stereocenters. The van der Waals surface area contributed by atoms with Crippen LogP contribution in [0.3, 0.4) is 0 Å². The van der Waals surface area contributed by atoms with E-state index in [2.05, 4.69) is 13.8 Å². The highest BCUT2D eigenvalue weighted by Gasteiger charge is 2.26. The summed E-state index contributed by atoms with van der Waals surface area (Å²) in [5, 5.41) is 0. The summed E-state index contributed by atoms with van der Waals surface area (Å²) in [6.07, 6.45) is 13.4. The molecule has 1 heteroatoms. The molecule has 0 radical (unpaired) electrons. The molecule has 0 aliphatic heterocycles. The Morgan fingerprint density at radius 2 is 1.67 bits per heavy atom. The molecule has 0 saturated heterocycles. The average Bonchev–Trinajstić information content (AvgIpc) is 2.25. The zero-order valence-corrected chi connectivity index (χ0v) is 10.7. The van der Waals surface area contributed by atoms with Crippen molar-refractivity contribution in [2.45, 2.75) is 83.6 Å². The fourth-order valence-corrected chi connectivity index (χ4v) is 2.95. The van der Waals surface area contributed by atoms with Gasteiger partial charge in [0.1, 0.15) is 0 Å². The van der Waals surface area contributed by atoms with Crippen LogP contribution >= 0.6 is 0 Å². The highest BCUT2D eigenvalue weighted by atomic mass is 14.7. The average molecular weight is 211 g/mol. The fraction of sp³-hybridized carbons (Fsp3) is 1.00. The van der Waals surface area contributed by atoms with Gasteiger partial charge in [-0.3, -0.25) is 0 Å². The summed E-state index contributed by atoms with van der Waals surface area (Å²) in [5.74, 6) is 0.942. The second kappa shape index (κ2) is 6.52. The van der Waals surface area contributed by atoms with Gasteiger partial charge in [-0.2, -0.15) is 0 Å². The van der Waals surface area contributed by atoms with E-state index in [0.717, 1.165) is 5.92 Å². The molecule has 90 valence electrons. The van der Waals surface area contributed by atoms with Gasteiger partial charge in [0.05, 0.1) is 0 Å². The minimum absolute atomic E-state index is 0.213. The molecule has 1 rings (SSSR count). The lowest BCUT2D eigenvalue weighted by atomic mass is 9.78. The van der Waals surface area contributed by atoms with Crippen LogP contribution in [0.25, 0.3) is 0 Å². The molecular weight excluding hydrogens is 182 g/mol. The van der Waals surface area contributed by atoms with Crippen LogP contribution in [0.1, 0.15) is 78.1 Å². The molecule has 0 amide bonds. The Morgan fingerprint density at radius 1 is 1.07 bits per heavy atom. The maximum absolute atomic E-state index is 6.43. The Morgan fingerprint density at radius 3 is 2.20 bits per heavy atom. The maximum Gasteiger partial charge on any atom is 0.0154 e. The van der Waals surface area contributed by atoms with Crippen LogP contribution in [-0.4, -0.2) is 5.54 Å². The smallest absolute Gasteiger partial charge is 0.0154 e. The van der Waals surface area contributed by atoms with Crippen molar-refractivity contribution in [3.8, 4) is 0 Å². The lowest BCUT2D eigenvalue weighted by Gasteiger charge is -2.33. The lowest BCUT2D eigenvalue weighted by Crippen LogP contribution is -2.41. The summed E-state index contributed by atoms with van der Waals surface area (Å²) in [6.45, 7) is 4.62. The van der Waals surface area contributed by atoms with Crippen molar-refractivity contribution in [1.82, 2.24) is 0 Å². The monoisotopic (exact) mass is 211 g/mol. The van der Waals surface area contributed by atoms with Crippen LogP contribution in [-0.2, 0) is 0 Å². The van der Waals surface area contributed by atoms with Crippen LogP contribution in [0, 0.1) is 5.92 Å². The largest absolute Gasteiger partial charge is 0.325 e. The van der Waals surface area contributed by atoms with E-state index in [1.165, 1.54) is 64.2 Å². The van der Waals surface area contributed by atoms with E-state index in [1.807, 2.05) is 0 Å². The third kappa shape index (κ3) is 4.55. The molecule has 0 heterocycles. The Hall–Kier alpha value is -0.0400. The molecule has 1 saturated carbocycles. The molecule has 0 bridgehead atoms. The first-order chi connectivity index (χ1) is 7.20. The summed E-state index contributed by atoms with van der Waals surface area (Å²) in [6, 6.07) is 0. The van der Waals surface area contributed by atoms with Crippen molar-refractivity contribution < 1.29 is 0 Å². The van der Waals surface area contributed by atoms with Crippen LogP contribution in [0.2, 0.25) is 0 Å². The molecule has 15 heavy (non-hydrogen) atoms. The molecule has 1 fully saturated rings. The fourth-order valence-electron chi connectivity index (χ4n) is 2.95. The van der Waals surface area contributed by atoms with Gasteiger partial charge in [0.15, 0.2) is 0 Å². The minimum atomic E-state index is 0.213. The second-order valence-electron chi connectivity index (χ2n) is 5.50. The molecular formula is C14H29N. The molecule has 2 N–H and O–H groups in total. The molecule has 1 aliphatic carbocycles. The lowest BCUT2D eigenvalue weighted by molar-refractivity contribution is 0.262. The highest BCUT2D eigenvalue weighted by Crippen LogP contribution is 2.31. The van der Waals surface area contributed by atoms with E-state index in [1.54, 1.807) is 0 Å². The van der Waals surface area contributed by atoms with Crippen molar-refractivity contribution in [1.29, 1.82) is 0 Å². The van der Waals surface area contributed by atoms with Gasteiger partial charge < -0.3 is 5.73 Å². The van der Waals surface area contributed by atoms with E-state index >= 15 is 0 Å². The Balaban J connectivity index is 2.17. The third-order valence-corrected chi connectivity index (χ3v) is 4.29. The van der Waals surface area contributed by atoms with Crippen LogP contribution < -0.4 is 5.73 Å². The Kier molecular flexibility index (Phi) is 5.66. The Labute approximate surface area is 95.8 Å². The summed E-state index contributed by atoms with van der Waals surface area (Å²) in [5.41, 5.74) is 6.64. The summed E-state index contributed by atoms with van der Waals surface area (Å²) >= 11 is 0. The SMILES string of the molecule is CCC(CC)CCCC1(N)CCCCC1. The van der Waals surface area contributed by atoms with Crippen LogP contribution in [0.4, 0.5) is 0 Å². The molecule has 0 aromatic carbocycles. The van der Waals surface area contributed by atoms with Gasteiger partial charge in [-0.1, -0.05) is 58.8 Å². The summed E-state index contributed by atoms with van der Waals surface area (Å²) < 4.78 is 0. The topological polar surface area (TPSA) is 26.0 Å². The summed E-state index contributed by atoms with van der Waals surface area (Å²) in [7, 11) is 0. The van der Waals surface area contributed by atoms with Gasteiger partial charge in [0.25, 0.3) is 0 Å². The van der Waals surface area contributed by atoms with Crippen molar-refractivity contribution >= 4 is 0 Å². The van der Waals surface area contributed by atoms with E-state index in [9.17, 15) is 0 Å². The molecule has 0 aromatic heterocycles. The van der Waals surface area contributed by atoms with Crippen molar-refractivity contribution in [3.05, 3.63) is 0 Å². The molecule has 1 nitrogen and oxygen atoms in total. The van der Waals surface area contributed by atoms with Gasteiger partial charge >= 0.3 is 0 Å². The van der Waals surface area contributed by atoms with Crippen molar-refractivity contribution in [2.24, 2.45) is 11.7 Å². The number of nitrogens with two attached hydrogens (primary N) is 1. The van der Waals surface area contributed by atoms with Gasteiger partial charge in [-0.05, 0) is 25.2 Å². The van der Waals surface area contributed by atoms with Crippen molar-refractivity contribution in [2.75, 3.05) is 0 Å². The normalized spacial score (nSPS) is 20.8. The van der Waals surface area contributed by atoms with E-state index < -0.39 is 0 Å². The minimum Gasteiger partial charge on any atom is -0.325 e. The standard InChI is InChI=1S/C14H29N/c1-3-13(4-2)9-8-12-14(15)10-6-5-7-11-14/h13H,3-12,15H2,1-2H3. The second-order valence-corrected chi connectivity index (χ2v) is 5.50. The Bertz CT molecular complexity index is 155. The zero-order valence-electron chi connectivity index (χ0n) is 10.7. The van der Waals surface area contributed by atoms with Gasteiger partial charge in [0, 0.05) is 5.54 Å². The van der Waals surface area contributed by atoms with E-state index in [-0.39, 0.29) is 5.54 Å². The quantitative estimate of drug-likeness (QED) is 0.698. The predicted octanol–water partition coefficient (Wildman–Crippen LogP) is 4.25. The first-order valence-electron chi connectivity index (χ1n) is 6.99. The zero-order chi connectivity index (χ0) is 11.1. The highest BCUT2D eigenvalue weighted by molar-refractivity contribution is 4.87.